The van der Waals surface area contributed by atoms with Gasteiger partial charge in [-0.15, -0.1) is 0 Å². The summed E-state index contributed by atoms with van der Waals surface area (Å²) in [5.74, 6) is -0.454. The van der Waals surface area contributed by atoms with Crippen molar-refractivity contribution in [1.82, 2.24) is 10.0 Å². The molecule has 4 aromatic rings. The first-order valence-electron chi connectivity index (χ1n) is 13.2. The van der Waals surface area contributed by atoms with Crippen molar-refractivity contribution < 1.29 is 23.1 Å². The molecule has 1 atom stereocenters. The molecule has 8 heteroatoms. The smallest absolute Gasteiger partial charge is 0.268 e. The predicted molar refractivity (Wildman–Crippen MR) is 157 cm³/mol. The van der Waals surface area contributed by atoms with Crippen molar-refractivity contribution in [2.45, 2.75) is 37.4 Å². The standard InChI is InChI=1S/C32H34N2O5S/c1-23(2)39-31-21-27(17-18-29(31)32(36)34-40(37,38)28-11-7-4-8-12-28)25-15-13-24(14-16-25)19-20-33-22-30(35)26-9-5-3-6-10-26/h3-18,21,23,30,33,35H,19-20,22H2,1-2H3,(H,34,36)/t30-/m1/s1. The highest BCUT2D eigenvalue weighted by Crippen LogP contribution is 2.29. The summed E-state index contributed by atoms with van der Waals surface area (Å²) < 4.78 is 33.4. The van der Waals surface area contributed by atoms with E-state index in [0.717, 1.165) is 35.2 Å². The highest BCUT2D eigenvalue weighted by molar-refractivity contribution is 7.90. The van der Waals surface area contributed by atoms with Crippen molar-refractivity contribution in [3.8, 4) is 16.9 Å². The van der Waals surface area contributed by atoms with E-state index in [1.807, 2.05) is 68.4 Å². The molecule has 0 aliphatic rings. The number of sulfonamides is 1. The summed E-state index contributed by atoms with van der Waals surface area (Å²) in [5, 5.41) is 13.6. The molecule has 4 rings (SSSR count). The molecule has 0 heterocycles. The van der Waals surface area contributed by atoms with Crippen LogP contribution in [0.3, 0.4) is 0 Å². The van der Waals surface area contributed by atoms with Gasteiger partial charge in [-0.1, -0.05) is 78.9 Å². The molecule has 0 aromatic heterocycles. The molecule has 208 valence electrons. The van der Waals surface area contributed by atoms with Crippen LogP contribution in [0.1, 0.15) is 41.4 Å². The first kappa shape index (κ1) is 29.0. The van der Waals surface area contributed by atoms with E-state index in [9.17, 15) is 18.3 Å². The lowest BCUT2D eigenvalue weighted by Crippen LogP contribution is -2.31. The van der Waals surface area contributed by atoms with Gasteiger partial charge in [-0.25, -0.2) is 13.1 Å². The fourth-order valence-electron chi connectivity index (χ4n) is 4.20. The van der Waals surface area contributed by atoms with Crippen molar-refractivity contribution in [2.24, 2.45) is 0 Å². The van der Waals surface area contributed by atoms with Gasteiger partial charge >= 0.3 is 0 Å². The number of ether oxygens (including phenoxy) is 1. The molecule has 0 aliphatic carbocycles. The van der Waals surface area contributed by atoms with Gasteiger partial charge in [0.25, 0.3) is 15.9 Å². The summed E-state index contributed by atoms with van der Waals surface area (Å²) in [4.78, 5) is 13.0. The molecule has 0 saturated heterocycles. The Morgan fingerprint density at radius 3 is 2.12 bits per heavy atom. The fourth-order valence-corrected chi connectivity index (χ4v) is 5.19. The predicted octanol–water partition coefficient (Wildman–Crippen LogP) is 5.13. The number of nitrogens with one attached hydrogen (secondary N) is 2. The highest BCUT2D eigenvalue weighted by atomic mass is 32.2. The highest BCUT2D eigenvalue weighted by Gasteiger charge is 2.22. The minimum absolute atomic E-state index is 0.00830. The fraction of sp³-hybridized carbons (Fsp3) is 0.219. The Hall–Kier alpha value is -3.98. The molecule has 4 aromatic carbocycles. The largest absolute Gasteiger partial charge is 0.490 e. The number of rotatable bonds is 12. The molecule has 40 heavy (non-hydrogen) atoms. The summed E-state index contributed by atoms with van der Waals surface area (Å²) >= 11 is 0. The number of aliphatic hydroxyl groups is 1. The monoisotopic (exact) mass is 558 g/mol. The maximum Gasteiger partial charge on any atom is 0.268 e. The van der Waals surface area contributed by atoms with E-state index in [4.69, 9.17) is 4.74 Å². The molecular weight excluding hydrogens is 524 g/mol. The Balaban J connectivity index is 1.41. The minimum Gasteiger partial charge on any atom is -0.490 e. The van der Waals surface area contributed by atoms with E-state index in [2.05, 4.69) is 10.0 Å². The van der Waals surface area contributed by atoms with Gasteiger partial charge in [0, 0.05) is 6.54 Å². The van der Waals surface area contributed by atoms with Gasteiger partial charge in [0.05, 0.1) is 22.7 Å². The molecule has 1 amide bonds. The van der Waals surface area contributed by atoms with E-state index in [0.29, 0.717) is 12.3 Å². The average molecular weight is 559 g/mol. The zero-order valence-electron chi connectivity index (χ0n) is 22.6. The van der Waals surface area contributed by atoms with Gasteiger partial charge in [-0.3, -0.25) is 4.79 Å². The third kappa shape index (κ3) is 7.79. The number of hydrogen-bond acceptors (Lipinski definition) is 6. The van der Waals surface area contributed by atoms with E-state index < -0.39 is 22.0 Å². The molecule has 0 unspecified atom stereocenters. The van der Waals surface area contributed by atoms with Crippen LogP contribution in [-0.2, 0) is 16.4 Å². The molecule has 0 bridgehead atoms. The van der Waals surface area contributed by atoms with Crippen LogP contribution in [0.5, 0.6) is 5.75 Å². The molecule has 0 radical (unpaired) electrons. The van der Waals surface area contributed by atoms with Gasteiger partial charge in [0.1, 0.15) is 5.75 Å². The summed E-state index contributed by atoms with van der Waals surface area (Å²) in [6.45, 7) is 4.89. The summed E-state index contributed by atoms with van der Waals surface area (Å²) in [6, 6.07) is 30.5. The first-order valence-corrected chi connectivity index (χ1v) is 14.7. The van der Waals surface area contributed by atoms with Crippen LogP contribution in [0.25, 0.3) is 11.1 Å². The molecule has 0 spiro atoms. The third-order valence-corrected chi connectivity index (χ3v) is 7.62. The maximum atomic E-state index is 13.0. The first-order chi connectivity index (χ1) is 19.2. The lowest BCUT2D eigenvalue weighted by atomic mass is 10.0. The van der Waals surface area contributed by atoms with E-state index in [1.165, 1.54) is 12.1 Å². The number of carbonyl (C=O) groups is 1. The second kappa shape index (κ2) is 13.4. The number of hydrogen-bond donors (Lipinski definition) is 3. The Bertz CT molecular complexity index is 1510. The molecule has 0 saturated carbocycles. The normalized spacial score (nSPS) is 12.2. The Kier molecular flexibility index (Phi) is 9.71. The van der Waals surface area contributed by atoms with Gasteiger partial charge in [-0.2, -0.15) is 0 Å². The molecule has 3 N–H and O–H groups in total. The third-order valence-electron chi connectivity index (χ3n) is 6.27. The second-order valence-electron chi connectivity index (χ2n) is 9.70. The van der Waals surface area contributed by atoms with Gasteiger partial charge in [0.15, 0.2) is 0 Å². The van der Waals surface area contributed by atoms with Gasteiger partial charge < -0.3 is 15.2 Å². The molecule has 0 aliphatic heterocycles. The molecule has 7 nitrogen and oxygen atoms in total. The Labute approximate surface area is 235 Å². The second-order valence-corrected chi connectivity index (χ2v) is 11.4. The average Bonchev–Trinajstić information content (AvgIpc) is 2.96. The van der Waals surface area contributed by atoms with Crippen molar-refractivity contribution in [1.29, 1.82) is 0 Å². The van der Waals surface area contributed by atoms with E-state index in [1.54, 1.807) is 36.4 Å². The topological polar surface area (TPSA) is 105 Å². The quantitative estimate of drug-likeness (QED) is 0.208. The summed E-state index contributed by atoms with van der Waals surface area (Å²) in [7, 11) is -4.02. The number of aliphatic hydroxyl groups excluding tert-OH is 1. The lowest BCUT2D eigenvalue weighted by molar-refractivity contribution is 0.0975. The minimum atomic E-state index is -4.02. The Morgan fingerprint density at radius 2 is 1.48 bits per heavy atom. The maximum absolute atomic E-state index is 13.0. The van der Waals surface area contributed by atoms with Crippen LogP contribution in [0.4, 0.5) is 0 Å². The number of benzene rings is 4. The lowest BCUT2D eigenvalue weighted by Gasteiger charge is -2.16. The van der Waals surface area contributed by atoms with E-state index >= 15 is 0 Å². The molecule has 0 fully saturated rings. The van der Waals surface area contributed by atoms with Crippen LogP contribution in [0, 0.1) is 0 Å². The van der Waals surface area contributed by atoms with Crippen LogP contribution < -0.4 is 14.8 Å². The zero-order valence-corrected chi connectivity index (χ0v) is 23.4. The SMILES string of the molecule is CC(C)Oc1cc(-c2ccc(CCNC[C@@H](O)c3ccccc3)cc2)ccc1C(=O)NS(=O)(=O)c1ccccc1. The summed E-state index contributed by atoms with van der Waals surface area (Å²) in [6.07, 6.45) is 0.0375. The molecular formula is C32H34N2O5S. The Morgan fingerprint density at radius 1 is 0.850 bits per heavy atom. The van der Waals surface area contributed by atoms with Crippen molar-refractivity contribution in [2.75, 3.05) is 13.1 Å². The van der Waals surface area contributed by atoms with Crippen LogP contribution in [-0.4, -0.2) is 38.6 Å². The van der Waals surface area contributed by atoms with Crippen molar-refractivity contribution in [3.63, 3.8) is 0 Å². The van der Waals surface area contributed by atoms with Crippen LogP contribution in [0.2, 0.25) is 0 Å². The number of carbonyl (C=O) groups excluding carboxylic acids is 1. The van der Waals surface area contributed by atoms with Gasteiger partial charge in [-0.05, 0) is 73.3 Å². The van der Waals surface area contributed by atoms with Crippen molar-refractivity contribution in [3.05, 3.63) is 120 Å². The van der Waals surface area contributed by atoms with Crippen LogP contribution in [0.15, 0.2) is 108 Å². The zero-order chi connectivity index (χ0) is 28.5. The summed E-state index contributed by atoms with van der Waals surface area (Å²) in [5.41, 5.74) is 3.95. The van der Waals surface area contributed by atoms with E-state index in [-0.39, 0.29) is 16.6 Å². The van der Waals surface area contributed by atoms with Crippen LogP contribution >= 0.6 is 0 Å². The van der Waals surface area contributed by atoms with Gasteiger partial charge in [0.2, 0.25) is 0 Å². The number of amides is 1. The van der Waals surface area contributed by atoms with Crippen molar-refractivity contribution >= 4 is 15.9 Å².